The molecule has 2 heterocycles. The molecule has 1 aromatic carbocycles. The number of esters is 1. The van der Waals surface area contributed by atoms with Gasteiger partial charge in [-0.1, -0.05) is 44.2 Å². The van der Waals surface area contributed by atoms with Crippen molar-refractivity contribution < 1.29 is 38.2 Å². The van der Waals surface area contributed by atoms with E-state index in [0.29, 0.717) is 19.5 Å². The lowest BCUT2D eigenvalue weighted by atomic mass is 9.95. The number of ketones is 2. The number of rotatable bonds is 9. The Labute approximate surface area is 233 Å². The van der Waals surface area contributed by atoms with Gasteiger partial charge in [0, 0.05) is 24.6 Å². The minimum atomic E-state index is -1.20. The topological polar surface area (TPSA) is 148 Å². The maximum absolute atomic E-state index is 13.7. The number of piperidine rings is 1. The molecule has 2 saturated heterocycles. The summed E-state index contributed by atoms with van der Waals surface area (Å²) in [4.78, 5) is 78.2. The highest BCUT2D eigenvalue weighted by atomic mass is 16.6. The molecule has 2 N–H and O–H groups in total. The normalized spacial score (nSPS) is 25.3. The van der Waals surface area contributed by atoms with Crippen molar-refractivity contribution in [3.8, 4) is 0 Å². The number of carbonyl (C=O) groups is 6. The van der Waals surface area contributed by atoms with Gasteiger partial charge >= 0.3 is 12.1 Å². The molecule has 0 unspecified atom stereocenters. The van der Waals surface area contributed by atoms with E-state index >= 15 is 0 Å². The van der Waals surface area contributed by atoms with Crippen molar-refractivity contribution in [1.29, 1.82) is 0 Å². The average molecular weight is 556 g/mol. The summed E-state index contributed by atoms with van der Waals surface area (Å²) >= 11 is 0. The van der Waals surface area contributed by atoms with E-state index in [0.717, 1.165) is 0 Å². The molecule has 11 heteroatoms. The van der Waals surface area contributed by atoms with Crippen LogP contribution in [0.4, 0.5) is 4.79 Å². The molecule has 3 fully saturated rings. The number of hydrogen-bond donors (Lipinski definition) is 2. The van der Waals surface area contributed by atoms with Crippen LogP contribution in [-0.2, 0) is 28.7 Å². The fourth-order valence-electron chi connectivity index (χ4n) is 5.79. The van der Waals surface area contributed by atoms with Gasteiger partial charge < -0.3 is 20.1 Å². The first kappa shape index (κ1) is 29.2. The average Bonchev–Trinajstić information content (AvgIpc) is 3.24. The summed E-state index contributed by atoms with van der Waals surface area (Å²) in [6, 6.07) is 5.78. The van der Waals surface area contributed by atoms with E-state index in [9.17, 15) is 28.8 Å². The molecule has 5 atom stereocenters. The minimum Gasteiger partial charge on any atom is -0.452 e. The third kappa shape index (κ3) is 6.18. The van der Waals surface area contributed by atoms with Gasteiger partial charge in [0.25, 0.3) is 5.78 Å². The summed E-state index contributed by atoms with van der Waals surface area (Å²) in [5.74, 6) is -4.05. The number of benzene rings is 1. The molecule has 1 aromatic rings. The summed E-state index contributed by atoms with van der Waals surface area (Å²) < 4.78 is 10.5. The van der Waals surface area contributed by atoms with Crippen LogP contribution in [0.25, 0.3) is 0 Å². The first-order valence-electron chi connectivity index (χ1n) is 13.6. The Morgan fingerprint density at radius 1 is 1.12 bits per heavy atom. The molecule has 1 aliphatic carbocycles. The third-order valence-corrected chi connectivity index (χ3v) is 8.06. The van der Waals surface area contributed by atoms with Gasteiger partial charge in [0.1, 0.15) is 11.6 Å². The second-order valence-corrected chi connectivity index (χ2v) is 12.3. The zero-order chi connectivity index (χ0) is 29.4. The van der Waals surface area contributed by atoms with Crippen LogP contribution in [0.2, 0.25) is 0 Å². The number of fused-ring (bicyclic) bond motifs is 1. The van der Waals surface area contributed by atoms with Crippen LogP contribution < -0.4 is 10.6 Å². The molecule has 0 aromatic heterocycles. The predicted octanol–water partition coefficient (Wildman–Crippen LogP) is 1.88. The van der Waals surface area contributed by atoms with E-state index < -0.39 is 59.7 Å². The van der Waals surface area contributed by atoms with E-state index in [4.69, 9.17) is 9.47 Å². The number of ether oxygens (including phenoxy) is 2. The highest BCUT2D eigenvalue weighted by molar-refractivity contribution is 6.40. The van der Waals surface area contributed by atoms with Crippen molar-refractivity contribution in [3.63, 3.8) is 0 Å². The van der Waals surface area contributed by atoms with Crippen LogP contribution in [-0.4, -0.2) is 77.7 Å². The standard InChI is InChI=1S/C29H37N3O8/c1-28(2,3)40-27(38)32-14-18-21(29(18,4)5)22(32)25(36)31-19(13-17-11-12-30-24(17)35)20(33)15-39-26(37)23(34)16-9-7-6-8-10-16/h6-10,17-19,21-22H,11-15H2,1-5H3,(H,30,35)(H,31,36)/t17-,18-,19-,21-,22-/m0/s1. The fraction of sp³-hybridized carbons (Fsp3) is 0.586. The van der Waals surface area contributed by atoms with E-state index in [2.05, 4.69) is 10.6 Å². The molecule has 1 saturated carbocycles. The molecule has 0 spiro atoms. The predicted molar refractivity (Wildman–Crippen MR) is 142 cm³/mol. The molecule has 2 aliphatic heterocycles. The van der Waals surface area contributed by atoms with Gasteiger partial charge in [-0.25, -0.2) is 9.59 Å². The van der Waals surface area contributed by atoms with Crippen LogP contribution in [0.15, 0.2) is 30.3 Å². The van der Waals surface area contributed by atoms with E-state index in [1.807, 2.05) is 13.8 Å². The second-order valence-electron chi connectivity index (χ2n) is 12.3. The summed E-state index contributed by atoms with van der Waals surface area (Å²) in [7, 11) is 0. The summed E-state index contributed by atoms with van der Waals surface area (Å²) in [5.41, 5.74) is -0.799. The molecule has 0 bridgehead atoms. The van der Waals surface area contributed by atoms with E-state index in [1.165, 1.54) is 17.0 Å². The van der Waals surface area contributed by atoms with E-state index in [1.54, 1.807) is 39.0 Å². The second kappa shape index (κ2) is 11.0. The number of nitrogens with zero attached hydrogens (tertiary/aromatic N) is 1. The minimum absolute atomic E-state index is 0.00274. The van der Waals surface area contributed by atoms with Crippen molar-refractivity contribution in [1.82, 2.24) is 15.5 Å². The van der Waals surface area contributed by atoms with Crippen molar-refractivity contribution in [2.24, 2.45) is 23.2 Å². The van der Waals surface area contributed by atoms with Crippen molar-refractivity contribution in [3.05, 3.63) is 35.9 Å². The number of likely N-dealkylation sites (tertiary alicyclic amines) is 1. The van der Waals surface area contributed by atoms with Gasteiger partial charge in [-0.3, -0.25) is 24.1 Å². The Hall–Kier alpha value is -3.76. The van der Waals surface area contributed by atoms with Crippen LogP contribution in [0.3, 0.4) is 0 Å². The van der Waals surface area contributed by atoms with Crippen molar-refractivity contribution >= 4 is 35.4 Å². The molecular formula is C29H37N3O8. The van der Waals surface area contributed by atoms with E-state index in [-0.39, 0.29) is 35.1 Å². The molecule has 216 valence electrons. The summed E-state index contributed by atoms with van der Waals surface area (Å²) in [6.45, 7) is 9.34. The summed E-state index contributed by atoms with van der Waals surface area (Å²) in [5, 5.41) is 5.45. The summed E-state index contributed by atoms with van der Waals surface area (Å²) in [6.07, 6.45) is -0.130. The first-order valence-corrected chi connectivity index (χ1v) is 13.6. The zero-order valence-electron chi connectivity index (χ0n) is 23.5. The number of Topliss-reactive ketones (excluding diaryl/α,β-unsaturated/α-hetero) is 2. The smallest absolute Gasteiger partial charge is 0.410 e. The lowest BCUT2D eigenvalue weighted by molar-refractivity contribution is -0.144. The van der Waals surface area contributed by atoms with Crippen molar-refractivity contribution in [2.45, 2.75) is 65.1 Å². The molecule has 4 rings (SSSR count). The number of hydrogen-bond acceptors (Lipinski definition) is 8. The van der Waals surface area contributed by atoms with Crippen LogP contribution >= 0.6 is 0 Å². The molecule has 3 aliphatic rings. The van der Waals surface area contributed by atoms with Crippen LogP contribution in [0.5, 0.6) is 0 Å². The Morgan fingerprint density at radius 2 is 1.80 bits per heavy atom. The Bertz CT molecular complexity index is 1210. The highest BCUT2D eigenvalue weighted by Gasteiger charge is 2.69. The van der Waals surface area contributed by atoms with Gasteiger partial charge in [0.15, 0.2) is 12.4 Å². The number of carbonyl (C=O) groups excluding carboxylic acids is 6. The Balaban J connectivity index is 1.47. The maximum atomic E-state index is 13.7. The largest absolute Gasteiger partial charge is 0.452 e. The molecule has 0 radical (unpaired) electrons. The van der Waals surface area contributed by atoms with Gasteiger partial charge in [-0.2, -0.15) is 0 Å². The molecular weight excluding hydrogens is 518 g/mol. The number of nitrogens with one attached hydrogen (secondary N) is 2. The van der Waals surface area contributed by atoms with Crippen molar-refractivity contribution in [2.75, 3.05) is 19.7 Å². The third-order valence-electron chi connectivity index (χ3n) is 8.06. The fourth-order valence-corrected chi connectivity index (χ4v) is 5.79. The van der Waals surface area contributed by atoms with Gasteiger partial charge in [-0.15, -0.1) is 0 Å². The monoisotopic (exact) mass is 555 g/mol. The van der Waals surface area contributed by atoms with Crippen LogP contribution in [0.1, 0.15) is 57.8 Å². The Kier molecular flexibility index (Phi) is 8.05. The van der Waals surface area contributed by atoms with Gasteiger partial charge in [0.05, 0.1) is 6.04 Å². The Morgan fingerprint density at radius 3 is 2.40 bits per heavy atom. The lowest BCUT2D eigenvalue weighted by Crippen LogP contribution is -2.55. The quantitative estimate of drug-likeness (QED) is 0.267. The van der Waals surface area contributed by atoms with Gasteiger partial charge in [-0.05, 0) is 50.9 Å². The van der Waals surface area contributed by atoms with Gasteiger partial charge in [0.2, 0.25) is 11.8 Å². The van der Waals surface area contributed by atoms with Crippen LogP contribution in [0, 0.1) is 23.2 Å². The molecule has 3 amide bonds. The zero-order valence-corrected chi connectivity index (χ0v) is 23.5. The first-order chi connectivity index (χ1) is 18.7. The lowest BCUT2D eigenvalue weighted by Gasteiger charge is -2.33. The highest BCUT2D eigenvalue weighted by Crippen LogP contribution is 2.65. The maximum Gasteiger partial charge on any atom is 0.410 e. The molecule has 11 nitrogen and oxygen atoms in total. The molecule has 40 heavy (non-hydrogen) atoms. The SMILES string of the molecule is CC(C)(C)OC(=O)N1C[C@H]2[C@@H]([C@H]1C(=O)N[C@@H](C[C@@H]1CCNC1=O)C(=O)COC(=O)C(=O)c1ccccc1)C2(C)C. The number of amides is 3.